The molecular weight excluding hydrogens is 360 g/mol. The first-order valence-electron chi connectivity index (χ1n) is 9.39. The Bertz CT molecular complexity index is 814. The minimum atomic E-state index is -3.27. The maximum atomic E-state index is 13.0. The van der Waals surface area contributed by atoms with Crippen molar-refractivity contribution in [2.24, 2.45) is 5.92 Å². The highest BCUT2D eigenvalue weighted by atomic mass is 32.2. The molecule has 1 amide bonds. The van der Waals surface area contributed by atoms with Crippen molar-refractivity contribution in [3.63, 3.8) is 0 Å². The van der Waals surface area contributed by atoms with E-state index < -0.39 is 10.0 Å². The Labute approximate surface area is 161 Å². The minimum absolute atomic E-state index is 0.0675. The Morgan fingerprint density at radius 1 is 1.07 bits per heavy atom. The van der Waals surface area contributed by atoms with E-state index in [2.05, 4.69) is 5.32 Å². The number of rotatable bonds is 6. The van der Waals surface area contributed by atoms with Crippen molar-refractivity contribution in [2.45, 2.75) is 25.8 Å². The van der Waals surface area contributed by atoms with Gasteiger partial charge in [-0.1, -0.05) is 60.7 Å². The molecule has 27 heavy (non-hydrogen) atoms. The average molecular weight is 387 g/mol. The molecule has 0 radical (unpaired) electrons. The molecule has 0 saturated carbocycles. The largest absolute Gasteiger partial charge is 0.345 e. The van der Waals surface area contributed by atoms with Gasteiger partial charge in [0.15, 0.2) is 0 Å². The van der Waals surface area contributed by atoms with Crippen molar-refractivity contribution in [1.82, 2.24) is 9.62 Å². The first kappa shape index (κ1) is 19.6. The molecule has 0 spiro atoms. The van der Waals surface area contributed by atoms with Crippen molar-refractivity contribution in [3.05, 3.63) is 71.8 Å². The van der Waals surface area contributed by atoms with E-state index in [4.69, 9.17) is 0 Å². The number of nitrogens with zero attached hydrogens (tertiary/aromatic N) is 1. The van der Waals surface area contributed by atoms with Crippen LogP contribution < -0.4 is 5.32 Å². The first-order chi connectivity index (χ1) is 13.0. The number of benzene rings is 2. The van der Waals surface area contributed by atoms with Crippen molar-refractivity contribution in [1.29, 1.82) is 0 Å². The molecule has 144 valence electrons. The summed E-state index contributed by atoms with van der Waals surface area (Å²) in [6.45, 7) is 2.40. The third kappa shape index (κ3) is 4.76. The van der Waals surface area contributed by atoms with Crippen LogP contribution in [0.5, 0.6) is 0 Å². The zero-order valence-corrected chi connectivity index (χ0v) is 16.4. The summed E-state index contributed by atoms with van der Waals surface area (Å²) in [6.07, 6.45) is 1.41. The fraction of sp³-hybridized carbons (Fsp3) is 0.381. The molecule has 2 aromatic rings. The summed E-state index contributed by atoms with van der Waals surface area (Å²) in [4.78, 5) is 13.0. The zero-order valence-electron chi connectivity index (χ0n) is 15.5. The summed E-state index contributed by atoms with van der Waals surface area (Å²) in [5, 5.41) is 3.15. The maximum absolute atomic E-state index is 13.0. The van der Waals surface area contributed by atoms with E-state index in [1.54, 1.807) is 6.92 Å². The number of piperidine rings is 1. The Balaban J connectivity index is 1.79. The fourth-order valence-electron chi connectivity index (χ4n) is 3.50. The number of hydrogen-bond acceptors (Lipinski definition) is 3. The van der Waals surface area contributed by atoms with Gasteiger partial charge in [0.2, 0.25) is 15.9 Å². The van der Waals surface area contributed by atoms with E-state index in [0.29, 0.717) is 19.4 Å². The molecule has 0 bridgehead atoms. The van der Waals surface area contributed by atoms with Gasteiger partial charge < -0.3 is 5.32 Å². The van der Waals surface area contributed by atoms with Gasteiger partial charge in [0.05, 0.1) is 17.7 Å². The van der Waals surface area contributed by atoms with E-state index in [1.807, 2.05) is 60.7 Å². The molecule has 1 fully saturated rings. The van der Waals surface area contributed by atoms with Crippen LogP contribution in [0.1, 0.15) is 36.9 Å². The molecule has 0 aromatic heterocycles. The molecule has 1 heterocycles. The van der Waals surface area contributed by atoms with Crippen LogP contribution in [0.2, 0.25) is 0 Å². The van der Waals surface area contributed by atoms with Crippen molar-refractivity contribution >= 4 is 15.9 Å². The lowest BCUT2D eigenvalue weighted by Crippen LogP contribution is -2.46. The van der Waals surface area contributed by atoms with Crippen LogP contribution in [0.3, 0.4) is 0 Å². The second-order valence-electron chi connectivity index (χ2n) is 6.86. The first-order valence-corrected chi connectivity index (χ1v) is 11.0. The minimum Gasteiger partial charge on any atom is -0.345 e. The molecule has 1 aliphatic heterocycles. The van der Waals surface area contributed by atoms with Gasteiger partial charge in [-0.25, -0.2) is 12.7 Å². The van der Waals surface area contributed by atoms with Crippen LogP contribution >= 0.6 is 0 Å². The normalized spacial score (nSPS) is 18.4. The highest BCUT2D eigenvalue weighted by Crippen LogP contribution is 2.25. The zero-order chi connectivity index (χ0) is 19.3. The van der Waals surface area contributed by atoms with E-state index in [0.717, 1.165) is 11.1 Å². The summed E-state index contributed by atoms with van der Waals surface area (Å²) in [6, 6.07) is 19.4. The second kappa shape index (κ2) is 8.67. The molecule has 0 aliphatic carbocycles. The lowest BCUT2D eigenvalue weighted by molar-refractivity contribution is -0.126. The number of carbonyl (C=O) groups is 1. The fourth-order valence-corrected chi connectivity index (χ4v) is 4.68. The highest BCUT2D eigenvalue weighted by molar-refractivity contribution is 7.89. The Morgan fingerprint density at radius 2 is 1.63 bits per heavy atom. The van der Waals surface area contributed by atoms with Gasteiger partial charge in [0.25, 0.3) is 0 Å². The van der Waals surface area contributed by atoms with E-state index in [-0.39, 0.29) is 30.2 Å². The molecule has 1 saturated heterocycles. The second-order valence-corrected chi connectivity index (χ2v) is 9.12. The molecule has 1 aliphatic rings. The predicted molar refractivity (Wildman–Crippen MR) is 107 cm³/mol. The quantitative estimate of drug-likeness (QED) is 0.830. The summed E-state index contributed by atoms with van der Waals surface area (Å²) in [7, 11) is -3.27. The number of carbonyl (C=O) groups excluding carboxylic acids is 1. The van der Waals surface area contributed by atoms with Crippen LogP contribution in [0.15, 0.2) is 60.7 Å². The lowest BCUT2D eigenvalue weighted by Gasteiger charge is -2.32. The molecule has 0 unspecified atom stereocenters. The van der Waals surface area contributed by atoms with Gasteiger partial charge in [-0.05, 0) is 30.9 Å². The van der Waals surface area contributed by atoms with E-state index >= 15 is 0 Å². The summed E-state index contributed by atoms with van der Waals surface area (Å²) >= 11 is 0. The third-order valence-corrected chi connectivity index (χ3v) is 6.91. The third-order valence-electron chi connectivity index (χ3n) is 5.07. The van der Waals surface area contributed by atoms with Crippen molar-refractivity contribution < 1.29 is 13.2 Å². The van der Waals surface area contributed by atoms with Gasteiger partial charge in [-0.3, -0.25) is 4.79 Å². The SMILES string of the molecule is CCS(=O)(=O)N1CCC[C@H](C(=O)NC(c2ccccc2)c2ccccc2)C1. The number of amides is 1. The van der Waals surface area contributed by atoms with Crippen molar-refractivity contribution in [2.75, 3.05) is 18.8 Å². The van der Waals surface area contributed by atoms with Gasteiger partial charge in [-0.15, -0.1) is 0 Å². The average Bonchev–Trinajstić information content (AvgIpc) is 2.73. The lowest BCUT2D eigenvalue weighted by atomic mass is 9.95. The molecule has 2 aromatic carbocycles. The van der Waals surface area contributed by atoms with Gasteiger partial charge >= 0.3 is 0 Å². The highest BCUT2D eigenvalue weighted by Gasteiger charge is 2.32. The van der Waals surface area contributed by atoms with Gasteiger partial charge in [0, 0.05) is 13.1 Å². The molecular formula is C21H26N2O3S. The van der Waals surface area contributed by atoms with E-state index in [9.17, 15) is 13.2 Å². The number of sulfonamides is 1. The smallest absolute Gasteiger partial charge is 0.225 e. The summed E-state index contributed by atoms with van der Waals surface area (Å²) in [5.41, 5.74) is 2.01. The Kier molecular flexibility index (Phi) is 6.29. The molecule has 1 atom stereocenters. The Morgan fingerprint density at radius 3 is 2.15 bits per heavy atom. The predicted octanol–water partition coefficient (Wildman–Crippen LogP) is 2.95. The standard InChI is InChI=1S/C21H26N2O3S/c1-2-27(25,26)23-15-9-14-19(16-23)21(24)22-20(17-10-5-3-6-11-17)18-12-7-4-8-13-18/h3-8,10-13,19-20H,2,9,14-16H2,1H3,(H,22,24)/t19-/m0/s1. The molecule has 5 nitrogen and oxygen atoms in total. The topological polar surface area (TPSA) is 66.5 Å². The summed E-state index contributed by atoms with van der Waals surface area (Å²) in [5.74, 6) is -0.350. The van der Waals surface area contributed by atoms with Crippen LogP contribution in [-0.4, -0.2) is 37.5 Å². The van der Waals surface area contributed by atoms with Gasteiger partial charge in [0.1, 0.15) is 0 Å². The van der Waals surface area contributed by atoms with Crippen LogP contribution in [0.25, 0.3) is 0 Å². The molecule has 6 heteroatoms. The summed E-state index contributed by atoms with van der Waals surface area (Å²) < 4.78 is 25.8. The van der Waals surface area contributed by atoms with Crippen LogP contribution in [-0.2, 0) is 14.8 Å². The van der Waals surface area contributed by atoms with Crippen molar-refractivity contribution in [3.8, 4) is 0 Å². The van der Waals surface area contributed by atoms with Crippen LogP contribution in [0.4, 0.5) is 0 Å². The number of hydrogen-bond donors (Lipinski definition) is 1. The number of nitrogens with one attached hydrogen (secondary N) is 1. The monoisotopic (exact) mass is 386 g/mol. The molecule has 3 rings (SSSR count). The maximum Gasteiger partial charge on any atom is 0.225 e. The Hall–Kier alpha value is -2.18. The van der Waals surface area contributed by atoms with E-state index in [1.165, 1.54) is 4.31 Å². The van der Waals surface area contributed by atoms with Crippen LogP contribution in [0, 0.1) is 5.92 Å². The molecule has 1 N–H and O–H groups in total. The van der Waals surface area contributed by atoms with Gasteiger partial charge in [-0.2, -0.15) is 0 Å².